The summed E-state index contributed by atoms with van der Waals surface area (Å²) in [5.74, 6) is 0.885. The molecule has 0 aliphatic heterocycles. The van der Waals surface area contributed by atoms with Crippen LogP contribution in [-0.2, 0) is 9.59 Å². The number of carboxylic acids is 1. The maximum Gasteiger partial charge on any atom is 0.317 e. The third-order valence-corrected chi connectivity index (χ3v) is 2.34. The Bertz CT molecular complexity index is 567. The Kier molecular flexibility index (Phi) is 5.76. The first kappa shape index (κ1) is 15.2. The highest BCUT2D eigenvalue weighted by atomic mass is 16.4. The van der Waals surface area contributed by atoms with Crippen LogP contribution in [0.5, 0.6) is 0 Å². The summed E-state index contributed by atoms with van der Waals surface area (Å²) in [6, 6.07) is 8.31. The van der Waals surface area contributed by atoms with Crippen LogP contribution >= 0.6 is 0 Å². The van der Waals surface area contributed by atoms with Gasteiger partial charge in [0, 0.05) is 5.69 Å². The van der Waals surface area contributed by atoms with Gasteiger partial charge in [-0.05, 0) is 24.3 Å². The van der Waals surface area contributed by atoms with Crippen molar-refractivity contribution >= 4 is 17.6 Å². The second-order valence-corrected chi connectivity index (χ2v) is 3.98. The standard InChI is InChI=1S/C14H13N3O3/c1-2-7-17(10-14(19)20)9-13(18)16-12-5-3-11(8-15)4-6-12/h1,3-6H,7,9-10H2,(H,16,18)(H,19,20). The molecular weight excluding hydrogens is 258 g/mol. The highest BCUT2D eigenvalue weighted by Crippen LogP contribution is 2.08. The summed E-state index contributed by atoms with van der Waals surface area (Å²) in [5, 5.41) is 20.0. The quantitative estimate of drug-likeness (QED) is 0.735. The van der Waals surface area contributed by atoms with Crippen LogP contribution in [0.15, 0.2) is 24.3 Å². The number of carboxylic acid groups (broad SMARTS) is 1. The number of nitrogens with one attached hydrogen (secondary N) is 1. The van der Waals surface area contributed by atoms with Gasteiger partial charge in [-0.25, -0.2) is 0 Å². The molecule has 20 heavy (non-hydrogen) atoms. The first-order chi connectivity index (χ1) is 9.55. The van der Waals surface area contributed by atoms with Gasteiger partial charge in [0.25, 0.3) is 0 Å². The molecule has 0 spiro atoms. The van der Waals surface area contributed by atoms with Crippen molar-refractivity contribution in [2.75, 3.05) is 25.0 Å². The number of nitrogens with zero attached hydrogens (tertiary/aromatic N) is 2. The number of hydrogen-bond acceptors (Lipinski definition) is 4. The smallest absolute Gasteiger partial charge is 0.317 e. The molecule has 6 heteroatoms. The number of hydrogen-bond donors (Lipinski definition) is 2. The van der Waals surface area contributed by atoms with E-state index in [1.54, 1.807) is 24.3 Å². The molecule has 102 valence electrons. The zero-order chi connectivity index (χ0) is 15.0. The second-order valence-electron chi connectivity index (χ2n) is 3.98. The van der Waals surface area contributed by atoms with Crippen LogP contribution in [0, 0.1) is 23.7 Å². The zero-order valence-corrected chi connectivity index (χ0v) is 10.7. The molecule has 0 saturated carbocycles. The van der Waals surface area contributed by atoms with E-state index in [1.807, 2.05) is 6.07 Å². The summed E-state index contributed by atoms with van der Waals surface area (Å²) in [4.78, 5) is 23.7. The predicted octanol–water partition coefficient (Wildman–Crippen LogP) is 0.517. The monoisotopic (exact) mass is 271 g/mol. The third kappa shape index (κ3) is 5.21. The van der Waals surface area contributed by atoms with Gasteiger partial charge in [0.15, 0.2) is 0 Å². The van der Waals surface area contributed by atoms with Crippen molar-refractivity contribution in [3.63, 3.8) is 0 Å². The van der Waals surface area contributed by atoms with Crippen LogP contribution in [0.25, 0.3) is 0 Å². The number of carbonyl (C=O) groups is 2. The summed E-state index contributed by atoms with van der Waals surface area (Å²) in [5.41, 5.74) is 1.02. The van der Waals surface area contributed by atoms with E-state index in [9.17, 15) is 9.59 Å². The van der Waals surface area contributed by atoms with Crippen molar-refractivity contribution in [1.82, 2.24) is 4.90 Å². The van der Waals surface area contributed by atoms with E-state index < -0.39 is 5.97 Å². The van der Waals surface area contributed by atoms with Gasteiger partial charge < -0.3 is 10.4 Å². The van der Waals surface area contributed by atoms with Crippen LogP contribution in [0.2, 0.25) is 0 Å². The van der Waals surface area contributed by atoms with Crippen molar-refractivity contribution in [1.29, 1.82) is 5.26 Å². The lowest BCUT2D eigenvalue weighted by atomic mass is 10.2. The first-order valence-corrected chi connectivity index (χ1v) is 5.72. The molecule has 0 bridgehead atoms. The molecule has 1 amide bonds. The minimum Gasteiger partial charge on any atom is -0.480 e. The van der Waals surface area contributed by atoms with Crippen molar-refractivity contribution in [3.05, 3.63) is 29.8 Å². The molecule has 0 heterocycles. The van der Waals surface area contributed by atoms with Crippen molar-refractivity contribution < 1.29 is 14.7 Å². The van der Waals surface area contributed by atoms with Crippen LogP contribution in [0.4, 0.5) is 5.69 Å². The van der Waals surface area contributed by atoms with Crippen LogP contribution in [0.1, 0.15) is 5.56 Å². The third-order valence-electron chi connectivity index (χ3n) is 2.34. The Labute approximate surface area is 116 Å². The number of carbonyl (C=O) groups excluding carboxylic acids is 1. The molecule has 1 aromatic rings. The molecule has 0 atom stereocenters. The normalized spacial score (nSPS) is 9.55. The number of aliphatic carboxylic acids is 1. The molecule has 0 saturated heterocycles. The van der Waals surface area contributed by atoms with E-state index >= 15 is 0 Å². The molecular formula is C14H13N3O3. The molecule has 6 nitrogen and oxygen atoms in total. The lowest BCUT2D eigenvalue weighted by molar-refractivity contribution is -0.138. The molecule has 0 radical (unpaired) electrons. The summed E-state index contributed by atoms with van der Waals surface area (Å²) in [6.07, 6.45) is 5.12. The fourth-order valence-electron chi connectivity index (χ4n) is 1.52. The lowest BCUT2D eigenvalue weighted by Crippen LogP contribution is -2.37. The van der Waals surface area contributed by atoms with E-state index in [0.717, 1.165) is 0 Å². The van der Waals surface area contributed by atoms with Gasteiger partial charge in [-0.2, -0.15) is 5.26 Å². The zero-order valence-electron chi connectivity index (χ0n) is 10.7. The summed E-state index contributed by atoms with van der Waals surface area (Å²) < 4.78 is 0. The average molecular weight is 271 g/mol. The van der Waals surface area contributed by atoms with Crippen molar-refractivity contribution in [2.24, 2.45) is 0 Å². The summed E-state index contributed by atoms with van der Waals surface area (Å²) in [6.45, 7) is -0.339. The highest BCUT2D eigenvalue weighted by Gasteiger charge is 2.13. The number of nitriles is 1. The van der Waals surface area contributed by atoms with Gasteiger partial charge in [-0.15, -0.1) is 6.42 Å². The van der Waals surface area contributed by atoms with Crippen LogP contribution in [0.3, 0.4) is 0 Å². The largest absolute Gasteiger partial charge is 0.480 e. The van der Waals surface area contributed by atoms with Crippen LogP contribution < -0.4 is 5.32 Å². The van der Waals surface area contributed by atoms with Crippen molar-refractivity contribution in [2.45, 2.75) is 0 Å². The number of amides is 1. The minimum atomic E-state index is -1.05. The van der Waals surface area contributed by atoms with E-state index in [-0.39, 0.29) is 25.5 Å². The van der Waals surface area contributed by atoms with E-state index in [0.29, 0.717) is 11.3 Å². The van der Waals surface area contributed by atoms with Crippen LogP contribution in [-0.4, -0.2) is 41.5 Å². The topological polar surface area (TPSA) is 93.4 Å². The Morgan fingerprint density at radius 1 is 1.30 bits per heavy atom. The Hall–Kier alpha value is -2.83. The molecule has 1 aromatic carbocycles. The fourth-order valence-corrected chi connectivity index (χ4v) is 1.52. The lowest BCUT2D eigenvalue weighted by Gasteiger charge is -2.16. The van der Waals surface area contributed by atoms with Gasteiger partial charge in [0.2, 0.25) is 5.91 Å². The van der Waals surface area contributed by atoms with Gasteiger partial charge in [0.05, 0.1) is 31.3 Å². The number of anilines is 1. The second kappa shape index (κ2) is 7.57. The minimum absolute atomic E-state index is 0.0765. The van der Waals surface area contributed by atoms with E-state index in [1.165, 1.54) is 4.90 Å². The number of benzene rings is 1. The van der Waals surface area contributed by atoms with Crippen molar-refractivity contribution in [3.8, 4) is 18.4 Å². The highest BCUT2D eigenvalue weighted by molar-refractivity contribution is 5.92. The van der Waals surface area contributed by atoms with Gasteiger partial charge >= 0.3 is 5.97 Å². The summed E-state index contributed by atoms with van der Waals surface area (Å²) >= 11 is 0. The molecule has 0 unspecified atom stereocenters. The molecule has 0 aromatic heterocycles. The Morgan fingerprint density at radius 3 is 2.45 bits per heavy atom. The molecule has 0 aliphatic carbocycles. The van der Waals surface area contributed by atoms with Gasteiger partial charge in [-0.3, -0.25) is 14.5 Å². The molecule has 1 rings (SSSR count). The predicted molar refractivity (Wildman–Crippen MR) is 72.7 cm³/mol. The first-order valence-electron chi connectivity index (χ1n) is 5.72. The molecule has 0 aliphatic rings. The summed E-state index contributed by atoms with van der Waals surface area (Å²) in [7, 11) is 0. The average Bonchev–Trinajstić information content (AvgIpc) is 2.39. The molecule has 0 fully saturated rings. The Balaban J connectivity index is 2.58. The maximum atomic E-state index is 11.8. The number of rotatable bonds is 6. The number of terminal acetylenes is 1. The molecule has 2 N–H and O–H groups in total. The fraction of sp³-hybridized carbons (Fsp3) is 0.214. The van der Waals surface area contributed by atoms with E-state index in [2.05, 4.69) is 11.2 Å². The van der Waals surface area contributed by atoms with Gasteiger partial charge in [0.1, 0.15) is 0 Å². The maximum absolute atomic E-state index is 11.8. The van der Waals surface area contributed by atoms with E-state index in [4.69, 9.17) is 16.8 Å². The van der Waals surface area contributed by atoms with Gasteiger partial charge in [-0.1, -0.05) is 5.92 Å². The SMILES string of the molecule is C#CCN(CC(=O)O)CC(=O)Nc1ccc(C#N)cc1. The Morgan fingerprint density at radius 2 is 1.95 bits per heavy atom.